The second-order valence-corrected chi connectivity index (χ2v) is 2.17. The van der Waals surface area contributed by atoms with Gasteiger partial charge in [-0.15, -0.1) is 0 Å². The first-order valence-electron chi connectivity index (χ1n) is 3.12. The Balaban J connectivity index is 2.27. The van der Waals surface area contributed by atoms with Crippen molar-refractivity contribution in [2.45, 2.75) is 32.1 Å². The van der Waals surface area contributed by atoms with Crippen LogP contribution in [0.15, 0.2) is 0 Å². The summed E-state index contributed by atoms with van der Waals surface area (Å²) in [5, 5.41) is 0. The van der Waals surface area contributed by atoms with Gasteiger partial charge >= 0.3 is 0 Å². The standard InChI is InChI=1S/C7H10O/c8-7-5-3-1-2-4-6-7/h1-3,5-6H2. The van der Waals surface area contributed by atoms with Gasteiger partial charge in [0.05, 0.1) is 0 Å². The van der Waals surface area contributed by atoms with Crippen molar-refractivity contribution >= 4 is 5.78 Å². The minimum Gasteiger partial charge on any atom is -0.300 e. The fourth-order valence-corrected chi connectivity index (χ4v) is 0.888. The van der Waals surface area contributed by atoms with E-state index in [0.29, 0.717) is 12.2 Å². The topological polar surface area (TPSA) is 17.1 Å². The Hall–Kier alpha value is -0.330. The number of carbonyl (C=O) groups excluding carboxylic acids is 1. The Morgan fingerprint density at radius 3 is 3.12 bits per heavy atom. The second-order valence-electron chi connectivity index (χ2n) is 2.17. The molecule has 2 radical (unpaired) electrons. The molecular weight excluding hydrogens is 100 g/mol. The van der Waals surface area contributed by atoms with Crippen molar-refractivity contribution in [3.8, 4) is 0 Å². The third kappa shape index (κ3) is 1.65. The molecule has 0 aromatic heterocycles. The molecule has 0 spiro atoms. The number of hydrogen-bond acceptors (Lipinski definition) is 1. The number of hydrogen-bond donors (Lipinski definition) is 0. The maximum absolute atomic E-state index is 10.6. The van der Waals surface area contributed by atoms with Crippen molar-refractivity contribution in [3.63, 3.8) is 0 Å². The zero-order valence-corrected chi connectivity index (χ0v) is 4.94. The van der Waals surface area contributed by atoms with Crippen LogP contribution in [0.5, 0.6) is 0 Å². The third-order valence-electron chi connectivity index (χ3n) is 1.38. The number of rotatable bonds is 0. The molecule has 1 aliphatic carbocycles. The summed E-state index contributed by atoms with van der Waals surface area (Å²) in [5.41, 5.74) is 0. The van der Waals surface area contributed by atoms with Crippen LogP contribution in [0.2, 0.25) is 0 Å². The van der Waals surface area contributed by atoms with Gasteiger partial charge < -0.3 is 0 Å². The van der Waals surface area contributed by atoms with Crippen LogP contribution in [0.3, 0.4) is 0 Å². The highest BCUT2D eigenvalue weighted by molar-refractivity contribution is 5.79. The van der Waals surface area contributed by atoms with Gasteiger partial charge in [-0.05, 0) is 19.3 Å². The minimum atomic E-state index is 0.363. The number of Topliss-reactive ketones (excluding diaryl/α,β-unsaturated/α-hetero) is 1. The average Bonchev–Trinajstić information content (AvgIpc) is 1.94. The Labute approximate surface area is 50.1 Å². The molecule has 1 heteroatoms. The Morgan fingerprint density at radius 1 is 1.38 bits per heavy atom. The van der Waals surface area contributed by atoms with Gasteiger partial charge in [-0.3, -0.25) is 4.79 Å². The highest BCUT2D eigenvalue weighted by Gasteiger charge is 2.05. The molecule has 0 aliphatic heterocycles. The first-order valence-corrected chi connectivity index (χ1v) is 3.12. The molecule has 0 N–H and O–H groups in total. The molecule has 0 heterocycles. The van der Waals surface area contributed by atoms with Crippen LogP contribution in [0, 0.1) is 6.42 Å². The van der Waals surface area contributed by atoms with Gasteiger partial charge in [0.25, 0.3) is 0 Å². The van der Waals surface area contributed by atoms with Gasteiger partial charge in [-0.1, -0.05) is 6.42 Å². The van der Waals surface area contributed by atoms with E-state index in [2.05, 4.69) is 6.42 Å². The van der Waals surface area contributed by atoms with Crippen LogP contribution < -0.4 is 0 Å². The monoisotopic (exact) mass is 110 g/mol. The molecule has 0 aromatic rings. The minimum absolute atomic E-state index is 0.363. The molecule has 0 saturated heterocycles. The first kappa shape index (κ1) is 5.80. The first-order chi connectivity index (χ1) is 3.89. The van der Waals surface area contributed by atoms with Crippen molar-refractivity contribution in [1.29, 1.82) is 0 Å². The van der Waals surface area contributed by atoms with Crippen molar-refractivity contribution in [3.05, 3.63) is 6.42 Å². The highest BCUT2D eigenvalue weighted by atomic mass is 16.1. The molecule has 1 nitrogen and oxygen atoms in total. The van der Waals surface area contributed by atoms with E-state index in [0.717, 1.165) is 25.7 Å². The lowest BCUT2D eigenvalue weighted by Gasteiger charge is -1.86. The van der Waals surface area contributed by atoms with Crippen molar-refractivity contribution in [1.82, 2.24) is 0 Å². The smallest absolute Gasteiger partial charge is 0.133 e. The van der Waals surface area contributed by atoms with E-state index in [1.807, 2.05) is 0 Å². The molecule has 1 fully saturated rings. The van der Waals surface area contributed by atoms with Gasteiger partial charge in [0.15, 0.2) is 0 Å². The fraction of sp³-hybridized carbons (Fsp3) is 0.714. The summed E-state index contributed by atoms with van der Waals surface area (Å²) >= 11 is 0. The van der Waals surface area contributed by atoms with E-state index in [9.17, 15) is 4.79 Å². The zero-order valence-electron chi connectivity index (χ0n) is 4.94. The third-order valence-corrected chi connectivity index (χ3v) is 1.38. The lowest BCUT2D eigenvalue weighted by atomic mass is 10.2. The van der Waals surface area contributed by atoms with Crippen molar-refractivity contribution < 1.29 is 4.79 Å². The number of ketones is 1. The van der Waals surface area contributed by atoms with E-state index in [1.165, 1.54) is 0 Å². The van der Waals surface area contributed by atoms with Gasteiger partial charge in [-0.25, -0.2) is 0 Å². The summed E-state index contributed by atoms with van der Waals surface area (Å²) in [6, 6.07) is 0. The molecule has 0 bridgehead atoms. The molecule has 0 atom stereocenters. The molecule has 1 rings (SSSR count). The predicted molar refractivity (Wildman–Crippen MR) is 31.3 cm³/mol. The molecule has 0 aromatic carbocycles. The fourth-order valence-electron chi connectivity index (χ4n) is 0.888. The lowest BCUT2D eigenvalue weighted by Crippen LogP contribution is -1.92. The molecular formula is C7H10O. The van der Waals surface area contributed by atoms with E-state index in [4.69, 9.17) is 0 Å². The SMILES string of the molecule is O=C1C[C]CCCC1. The molecule has 1 aliphatic rings. The van der Waals surface area contributed by atoms with Gasteiger partial charge in [-0.2, -0.15) is 0 Å². The van der Waals surface area contributed by atoms with Crippen molar-refractivity contribution in [2.24, 2.45) is 0 Å². The van der Waals surface area contributed by atoms with Crippen LogP contribution >= 0.6 is 0 Å². The maximum Gasteiger partial charge on any atom is 0.133 e. The summed E-state index contributed by atoms with van der Waals surface area (Å²) in [5.74, 6) is 0.363. The van der Waals surface area contributed by atoms with Crippen molar-refractivity contribution in [2.75, 3.05) is 0 Å². The molecule has 0 amide bonds. The van der Waals surface area contributed by atoms with Crippen LogP contribution in [0.4, 0.5) is 0 Å². The van der Waals surface area contributed by atoms with Gasteiger partial charge in [0.1, 0.15) is 5.78 Å². The average molecular weight is 110 g/mol. The van der Waals surface area contributed by atoms with Crippen LogP contribution in [0.25, 0.3) is 0 Å². The quantitative estimate of drug-likeness (QED) is 0.433. The van der Waals surface area contributed by atoms with E-state index < -0.39 is 0 Å². The Morgan fingerprint density at radius 2 is 2.25 bits per heavy atom. The summed E-state index contributed by atoms with van der Waals surface area (Å²) in [6.45, 7) is 0. The Kier molecular flexibility index (Phi) is 2.07. The van der Waals surface area contributed by atoms with E-state index in [-0.39, 0.29) is 0 Å². The maximum atomic E-state index is 10.6. The van der Waals surface area contributed by atoms with Gasteiger partial charge in [0.2, 0.25) is 0 Å². The molecule has 1 saturated carbocycles. The van der Waals surface area contributed by atoms with Crippen LogP contribution in [0.1, 0.15) is 32.1 Å². The zero-order chi connectivity index (χ0) is 5.82. The van der Waals surface area contributed by atoms with E-state index >= 15 is 0 Å². The van der Waals surface area contributed by atoms with Crippen LogP contribution in [-0.2, 0) is 4.79 Å². The summed E-state index contributed by atoms with van der Waals surface area (Å²) in [4.78, 5) is 10.6. The molecule has 0 unspecified atom stereocenters. The lowest BCUT2D eigenvalue weighted by molar-refractivity contribution is -0.118. The largest absolute Gasteiger partial charge is 0.300 e. The highest BCUT2D eigenvalue weighted by Crippen LogP contribution is 2.11. The molecule has 8 heavy (non-hydrogen) atoms. The predicted octanol–water partition coefficient (Wildman–Crippen LogP) is 1.60. The summed E-state index contributed by atoms with van der Waals surface area (Å²) in [7, 11) is 0. The number of carbonyl (C=O) groups is 1. The van der Waals surface area contributed by atoms with Gasteiger partial charge in [0, 0.05) is 12.8 Å². The second kappa shape index (κ2) is 2.85. The van der Waals surface area contributed by atoms with Crippen LogP contribution in [-0.4, -0.2) is 5.78 Å². The summed E-state index contributed by atoms with van der Waals surface area (Å²) in [6.07, 6.45) is 7.68. The Bertz CT molecular complexity index is 76.4. The normalized spacial score (nSPS) is 22.8. The van der Waals surface area contributed by atoms with E-state index in [1.54, 1.807) is 0 Å². The summed E-state index contributed by atoms with van der Waals surface area (Å²) < 4.78 is 0. The molecule has 44 valence electrons.